The van der Waals surface area contributed by atoms with E-state index in [1.54, 1.807) is 25.1 Å². The average Bonchev–Trinajstić information content (AvgIpc) is 2.82. The summed E-state index contributed by atoms with van der Waals surface area (Å²) >= 11 is 0. The summed E-state index contributed by atoms with van der Waals surface area (Å²) in [5.74, 6) is -7.22. The SMILES string of the molecule is C=CCCOC(=O)Nc1cc(N(C)C)c2c(c1O)C(=O)C1=C(O)[C@]3(O)C(=O)C(C(N)=O)=C(O)C[C@@H]3C[C@@H]1C2. The lowest BCUT2D eigenvalue weighted by molar-refractivity contribution is -0.144. The lowest BCUT2D eigenvalue weighted by atomic mass is 9.60. The predicted octanol–water partition coefficient (Wildman–Crippen LogP) is 1.77. The zero-order chi connectivity index (χ0) is 28.1. The van der Waals surface area contributed by atoms with Gasteiger partial charge < -0.3 is 35.8 Å². The fourth-order valence-corrected chi connectivity index (χ4v) is 5.54. The van der Waals surface area contributed by atoms with Gasteiger partial charge in [-0.05, 0) is 36.8 Å². The standard InChI is InChI=1S/C26H29N3O9/c1-4-5-6-38-25(36)28-14-10-15(29(2)3)13-8-11-7-12-9-16(30)19(24(27)35)23(34)26(12,37)22(33)17(11)21(32)18(13)20(14)31/h4,10-12,30-31,33,37H,1,5-9H2,2-3H3,(H2,27,35)(H,28,36)/t11-,12+,26+/m1/s1. The van der Waals surface area contributed by atoms with E-state index in [9.17, 15) is 39.6 Å². The van der Waals surface area contributed by atoms with Crippen molar-refractivity contribution < 1.29 is 44.3 Å². The quantitative estimate of drug-likeness (QED) is 0.137. The summed E-state index contributed by atoms with van der Waals surface area (Å²) in [6.07, 6.45) is 0.950. The first-order valence-electron chi connectivity index (χ1n) is 11.9. The molecule has 202 valence electrons. The molecule has 12 heteroatoms. The molecule has 2 amide bonds. The number of aliphatic hydroxyl groups excluding tert-OH is 2. The van der Waals surface area contributed by atoms with Crippen LogP contribution in [0.15, 0.2) is 41.4 Å². The van der Waals surface area contributed by atoms with E-state index >= 15 is 0 Å². The number of anilines is 2. The Kier molecular flexibility index (Phi) is 6.70. The highest BCUT2D eigenvalue weighted by atomic mass is 16.5. The number of hydrogen-bond acceptors (Lipinski definition) is 10. The fraction of sp³-hybridized carbons (Fsp3) is 0.385. The molecular weight excluding hydrogens is 498 g/mol. The van der Waals surface area contributed by atoms with Gasteiger partial charge in [-0.25, -0.2) is 4.79 Å². The summed E-state index contributed by atoms with van der Waals surface area (Å²) in [7, 11) is 3.42. The summed E-state index contributed by atoms with van der Waals surface area (Å²) in [5.41, 5.74) is 2.05. The molecule has 7 N–H and O–H groups in total. The fourth-order valence-electron chi connectivity index (χ4n) is 5.54. The monoisotopic (exact) mass is 527 g/mol. The second-order valence-electron chi connectivity index (χ2n) is 9.79. The number of ether oxygens (including phenoxy) is 1. The van der Waals surface area contributed by atoms with Gasteiger partial charge in [0, 0.05) is 37.7 Å². The van der Waals surface area contributed by atoms with E-state index in [-0.39, 0.29) is 42.7 Å². The van der Waals surface area contributed by atoms with E-state index < -0.39 is 63.8 Å². The maximum Gasteiger partial charge on any atom is 0.411 e. The summed E-state index contributed by atoms with van der Waals surface area (Å²) in [6, 6.07) is 1.49. The van der Waals surface area contributed by atoms with Gasteiger partial charge in [0.1, 0.15) is 17.1 Å². The Morgan fingerprint density at radius 1 is 1.26 bits per heavy atom. The van der Waals surface area contributed by atoms with E-state index in [4.69, 9.17) is 10.5 Å². The zero-order valence-electron chi connectivity index (χ0n) is 20.9. The molecule has 3 aliphatic carbocycles. The second kappa shape index (κ2) is 9.53. The number of nitrogens with one attached hydrogen (secondary N) is 1. The van der Waals surface area contributed by atoms with E-state index in [1.807, 2.05) is 0 Å². The maximum atomic E-state index is 13.8. The summed E-state index contributed by atoms with van der Waals surface area (Å²) in [5, 5.41) is 46.2. The number of allylic oxidation sites excluding steroid dienone is 2. The first-order valence-corrected chi connectivity index (χ1v) is 11.9. The van der Waals surface area contributed by atoms with Crippen molar-refractivity contribution in [1.82, 2.24) is 0 Å². The highest BCUT2D eigenvalue weighted by Crippen LogP contribution is 2.53. The number of fused-ring (bicyclic) bond motifs is 3. The molecule has 0 unspecified atom stereocenters. The molecule has 3 aliphatic rings. The number of Topliss-reactive ketones (excluding diaryl/α,β-unsaturated/α-hetero) is 2. The Morgan fingerprint density at radius 3 is 2.55 bits per heavy atom. The third-order valence-electron chi connectivity index (χ3n) is 7.31. The van der Waals surface area contributed by atoms with Crippen LogP contribution in [0.25, 0.3) is 0 Å². The van der Waals surface area contributed by atoms with Crippen LogP contribution in [0.5, 0.6) is 5.75 Å². The molecule has 1 aromatic rings. The van der Waals surface area contributed by atoms with Crippen molar-refractivity contribution in [3.8, 4) is 5.75 Å². The molecule has 0 aromatic heterocycles. The number of rotatable bonds is 6. The van der Waals surface area contributed by atoms with Crippen molar-refractivity contribution in [2.24, 2.45) is 17.6 Å². The van der Waals surface area contributed by atoms with E-state index in [2.05, 4.69) is 11.9 Å². The van der Waals surface area contributed by atoms with Crippen LogP contribution in [0.3, 0.4) is 0 Å². The molecule has 0 spiro atoms. The van der Waals surface area contributed by atoms with Gasteiger partial charge in [0.2, 0.25) is 5.78 Å². The topological polar surface area (TPSA) is 200 Å². The molecule has 0 saturated heterocycles. The lowest BCUT2D eigenvalue weighted by Gasteiger charge is -2.45. The number of carbonyl (C=O) groups is 4. The van der Waals surface area contributed by atoms with E-state index in [0.717, 1.165) is 0 Å². The number of aliphatic hydroxyl groups is 3. The number of hydrogen-bond donors (Lipinski definition) is 6. The Hall–Kier alpha value is -4.32. The largest absolute Gasteiger partial charge is 0.511 e. The number of primary amides is 1. The highest BCUT2D eigenvalue weighted by Gasteiger charge is 2.59. The van der Waals surface area contributed by atoms with E-state index in [0.29, 0.717) is 17.7 Å². The number of nitrogens with zero attached hydrogens (tertiary/aromatic N) is 1. The molecule has 0 heterocycles. The van der Waals surface area contributed by atoms with Gasteiger partial charge in [0.25, 0.3) is 5.91 Å². The van der Waals surface area contributed by atoms with Crippen molar-refractivity contribution in [3.63, 3.8) is 0 Å². The third-order valence-corrected chi connectivity index (χ3v) is 7.31. The van der Waals surface area contributed by atoms with Gasteiger partial charge >= 0.3 is 6.09 Å². The van der Waals surface area contributed by atoms with Gasteiger partial charge in [-0.1, -0.05) is 6.08 Å². The molecule has 0 fully saturated rings. The first kappa shape index (κ1) is 26.7. The van der Waals surface area contributed by atoms with Crippen LogP contribution in [0, 0.1) is 11.8 Å². The van der Waals surface area contributed by atoms with Crippen molar-refractivity contribution >= 4 is 34.9 Å². The molecule has 38 heavy (non-hydrogen) atoms. The Labute approximate surface area is 217 Å². The lowest BCUT2D eigenvalue weighted by Crippen LogP contribution is -2.57. The molecule has 1 aromatic carbocycles. The second-order valence-corrected chi connectivity index (χ2v) is 9.79. The average molecular weight is 528 g/mol. The van der Waals surface area contributed by atoms with Gasteiger partial charge in [-0.15, -0.1) is 6.58 Å². The normalized spacial score (nSPS) is 24.3. The molecule has 0 saturated carbocycles. The number of carbonyl (C=O) groups excluding carboxylic acids is 4. The number of benzene rings is 1. The molecule has 0 aliphatic heterocycles. The van der Waals surface area contributed by atoms with Crippen LogP contribution in [0.2, 0.25) is 0 Å². The van der Waals surface area contributed by atoms with E-state index in [1.165, 1.54) is 6.07 Å². The Balaban J connectivity index is 1.83. The van der Waals surface area contributed by atoms with Crippen LogP contribution in [-0.4, -0.2) is 70.3 Å². The molecular formula is C26H29N3O9. The van der Waals surface area contributed by atoms with Gasteiger partial charge in [-0.3, -0.25) is 19.7 Å². The number of ketones is 2. The predicted molar refractivity (Wildman–Crippen MR) is 135 cm³/mol. The van der Waals surface area contributed by atoms with Crippen LogP contribution < -0.4 is 16.0 Å². The molecule has 0 bridgehead atoms. The highest BCUT2D eigenvalue weighted by molar-refractivity contribution is 6.24. The number of aromatic hydroxyl groups is 1. The number of phenolic OH excluding ortho intramolecular Hbond substituents is 1. The molecule has 4 rings (SSSR count). The van der Waals surface area contributed by atoms with Crippen LogP contribution >= 0.6 is 0 Å². The van der Waals surface area contributed by atoms with Gasteiger partial charge in [0.15, 0.2) is 17.1 Å². The van der Waals surface area contributed by atoms with Crippen molar-refractivity contribution in [3.05, 3.63) is 52.5 Å². The van der Waals surface area contributed by atoms with Crippen molar-refractivity contribution in [1.29, 1.82) is 0 Å². The third kappa shape index (κ3) is 3.97. The summed E-state index contributed by atoms with van der Waals surface area (Å²) in [6.45, 7) is 3.59. The van der Waals surface area contributed by atoms with Crippen LogP contribution in [0.1, 0.15) is 35.2 Å². The summed E-state index contributed by atoms with van der Waals surface area (Å²) in [4.78, 5) is 52.6. The number of amides is 2. The first-order chi connectivity index (χ1) is 17.8. The van der Waals surface area contributed by atoms with Crippen LogP contribution in [0.4, 0.5) is 16.2 Å². The van der Waals surface area contributed by atoms with Crippen LogP contribution in [-0.2, 0) is 20.7 Å². The molecule has 3 atom stereocenters. The Bertz CT molecular complexity index is 1340. The minimum Gasteiger partial charge on any atom is -0.511 e. The van der Waals surface area contributed by atoms with Crippen molar-refractivity contribution in [2.45, 2.75) is 31.3 Å². The smallest absolute Gasteiger partial charge is 0.411 e. The maximum absolute atomic E-state index is 13.8. The minimum absolute atomic E-state index is 0.0200. The zero-order valence-corrected chi connectivity index (χ0v) is 20.9. The van der Waals surface area contributed by atoms with Crippen molar-refractivity contribution in [2.75, 3.05) is 30.9 Å². The molecule has 0 radical (unpaired) electrons. The Morgan fingerprint density at radius 2 is 1.95 bits per heavy atom. The summed E-state index contributed by atoms with van der Waals surface area (Å²) < 4.78 is 5.02. The van der Waals surface area contributed by atoms with Gasteiger partial charge in [0.05, 0.1) is 17.9 Å². The number of nitrogens with two attached hydrogens (primary N) is 1. The minimum atomic E-state index is -2.65. The number of phenols is 1. The molecule has 12 nitrogen and oxygen atoms in total. The van der Waals surface area contributed by atoms with Gasteiger partial charge in [-0.2, -0.15) is 0 Å².